The van der Waals surface area contributed by atoms with E-state index in [0.717, 1.165) is 12.1 Å². The summed E-state index contributed by atoms with van der Waals surface area (Å²) in [6, 6.07) is 3.89. The van der Waals surface area contributed by atoms with Crippen molar-refractivity contribution in [3.8, 4) is 6.07 Å². The van der Waals surface area contributed by atoms with E-state index in [1.165, 1.54) is 13.1 Å². The zero-order chi connectivity index (χ0) is 21.3. The number of carbonyl (C=O) groups is 3. The lowest BCUT2D eigenvalue weighted by molar-refractivity contribution is -0.149. The highest BCUT2D eigenvalue weighted by Crippen LogP contribution is 2.64. The number of anilines is 1. The van der Waals surface area contributed by atoms with Gasteiger partial charge in [0.2, 0.25) is 11.8 Å². The predicted molar refractivity (Wildman–Crippen MR) is 89.8 cm³/mol. The number of rotatable bonds is 2. The first-order chi connectivity index (χ1) is 13.6. The number of nitrogens with one attached hydrogen (secondary N) is 1. The Morgan fingerprint density at radius 2 is 2.00 bits per heavy atom. The average Bonchev–Trinajstić information content (AvgIpc) is 3.28. The number of imide groups is 1. The van der Waals surface area contributed by atoms with E-state index >= 15 is 0 Å². The van der Waals surface area contributed by atoms with Gasteiger partial charge in [-0.2, -0.15) is 18.4 Å². The van der Waals surface area contributed by atoms with Crippen LogP contribution in [0.2, 0.25) is 0 Å². The van der Waals surface area contributed by atoms with Crippen molar-refractivity contribution in [3.05, 3.63) is 29.3 Å². The Hall–Kier alpha value is -2.96. The van der Waals surface area contributed by atoms with Crippen molar-refractivity contribution in [1.29, 1.82) is 5.26 Å². The summed E-state index contributed by atoms with van der Waals surface area (Å²) in [7, 11) is 1.26. The molecule has 2 bridgehead atoms. The van der Waals surface area contributed by atoms with Crippen molar-refractivity contribution < 1.29 is 31.9 Å². The highest BCUT2D eigenvalue weighted by molar-refractivity contribution is 6.31. The molecule has 4 rings (SSSR count). The number of benzene rings is 1. The van der Waals surface area contributed by atoms with Gasteiger partial charge in [0.1, 0.15) is 11.6 Å². The fraction of sp³-hybridized carbons (Fsp3) is 0.474. The molecule has 6 nitrogen and oxygen atoms in total. The number of hydrogen-bond acceptors (Lipinski definition) is 4. The maximum Gasteiger partial charge on any atom is 0.417 e. The lowest BCUT2D eigenvalue weighted by atomic mass is 9.66. The molecule has 1 heterocycles. The summed E-state index contributed by atoms with van der Waals surface area (Å²) in [5, 5.41) is 11.3. The molecule has 2 saturated carbocycles. The first-order valence-corrected chi connectivity index (χ1v) is 8.95. The third-order valence-corrected chi connectivity index (χ3v) is 6.40. The fourth-order valence-corrected chi connectivity index (χ4v) is 5.34. The monoisotopic (exact) mass is 409 g/mol. The van der Waals surface area contributed by atoms with Gasteiger partial charge in [-0.1, -0.05) is 0 Å². The minimum Gasteiger partial charge on any atom is -0.358 e. The number of fused-ring (bicyclic) bond motifs is 5. The molecule has 2 aliphatic carbocycles. The van der Waals surface area contributed by atoms with Crippen LogP contribution in [-0.2, 0) is 20.6 Å². The molecule has 1 aliphatic heterocycles. The molecule has 0 radical (unpaired) electrons. The van der Waals surface area contributed by atoms with Crippen LogP contribution < -0.4 is 10.2 Å². The smallest absolute Gasteiger partial charge is 0.358 e. The van der Waals surface area contributed by atoms with E-state index in [1.807, 2.05) is 0 Å². The Bertz CT molecular complexity index is 986. The Labute approximate surface area is 162 Å². The normalized spacial score (nSPS) is 33.0. The molecule has 3 amide bonds. The van der Waals surface area contributed by atoms with Crippen molar-refractivity contribution in [1.82, 2.24) is 5.32 Å². The second-order valence-corrected chi connectivity index (χ2v) is 7.60. The molecule has 1 aromatic carbocycles. The van der Waals surface area contributed by atoms with Crippen molar-refractivity contribution in [2.75, 3.05) is 11.9 Å². The number of carbonyl (C=O) groups excluding carboxylic acids is 3. The van der Waals surface area contributed by atoms with E-state index < -0.39 is 64.4 Å². The van der Waals surface area contributed by atoms with Gasteiger partial charge in [-0.05, 0) is 37.0 Å². The van der Waals surface area contributed by atoms with Gasteiger partial charge in [0.15, 0.2) is 0 Å². The van der Waals surface area contributed by atoms with Crippen LogP contribution in [0.4, 0.5) is 23.2 Å². The van der Waals surface area contributed by atoms with E-state index in [9.17, 15) is 31.9 Å². The van der Waals surface area contributed by atoms with Gasteiger partial charge < -0.3 is 5.32 Å². The van der Waals surface area contributed by atoms with Crippen LogP contribution >= 0.6 is 0 Å². The molecular weight excluding hydrogens is 394 g/mol. The molecule has 10 heteroatoms. The molecule has 1 aromatic rings. The fourth-order valence-electron chi connectivity index (χ4n) is 5.34. The highest BCUT2D eigenvalue weighted by atomic mass is 19.4. The second-order valence-electron chi connectivity index (χ2n) is 7.60. The molecule has 3 fully saturated rings. The number of hydrogen-bond donors (Lipinski definition) is 1. The zero-order valence-corrected chi connectivity index (χ0v) is 15.1. The molecule has 5 atom stereocenters. The number of halogens is 4. The van der Waals surface area contributed by atoms with Gasteiger partial charge >= 0.3 is 6.18 Å². The Morgan fingerprint density at radius 1 is 1.31 bits per heavy atom. The van der Waals surface area contributed by atoms with E-state index in [2.05, 4.69) is 5.32 Å². The van der Waals surface area contributed by atoms with Crippen LogP contribution in [0.25, 0.3) is 0 Å². The summed E-state index contributed by atoms with van der Waals surface area (Å²) < 4.78 is 54.5. The first kappa shape index (κ1) is 19.4. The van der Waals surface area contributed by atoms with Crippen LogP contribution in [0.15, 0.2) is 18.2 Å². The molecule has 1 N–H and O–H groups in total. The van der Waals surface area contributed by atoms with Crippen LogP contribution in [0.5, 0.6) is 0 Å². The Kier molecular flexibility index (Phi) is 4.02. The molecule has 152 valence electrons. The lowest BCUT2D eigenvalue weighted by Gasteiger charge is -2.35. The minimum absolute atomic E-state index is 0.0299. The molecule has 3 aliphatic rings. The Balaban J connectivity index is 1.86. The number of nitrogens with zero attached hydrogens (tertiary/aromatic N) is 2. The lowest BCUT2D eigenvalue weighted by Crippen LogP contribution is -2.54. The summed E-state index contributed by atoms with van der Waals surface area (Å²) in [6.45, 7) is 0. The van der Waals surface area contributed by atoms with Gasteiger partial charge in [0, 0.05) is 13.0 Å². The first-order valence-electron chi connectivity index (χ1n) is 8.95. The molecule has 1 saturated heterocycles. The van der Waals surface area contributed by atoms with E-state index in [-0.39, 0.29) is 18.5 Å². The standard InChI is InChI=1S/C19H15F4N3O3/c1-25-16(28)18-12-4-9(5-13(12)20)14(18)15(27)26(17(18)29)10-3-2-8(7-24)11(6-10)19(21,22)23/h2-3,6,9,12-14H,4-5H2,1H3,(H,25,28)/t9-,12+,13+,14-,18-/m1/s1. The third kappa shape index (κ3) is 2.30. The maximum atomic E-state index is 14.5. The summed E-state index contributed by atoms with van der Waals surface area (Å²) in [6.07, 6.45) is -6.10. The van der Waals surface area contributed by atoms with Crippen LogP contribution in [-0.4, -0.2) is 30.9 Å². The van der Waals surface area contributed by atoms with Gasteiger partial charge in [-0.25, -0.2) is 9.29 Å². The molecule has 0 unspecified atom stereocenters. The average molecular weight is 409 g/mol. The highest BCUT2D eigenvalue weighted by Gasteiger charge is 2.77. The van der Waals surface area contributed by atoms with Gasteiger partial charge in [0.05, 0.1) is 28.8 Å². The third-order valence-electron chi connectivity index (χ3n) is 6.40. The van der Waals surface area contributed by atoms with E-state index in [4.69, 9.17) is 5.26 Å². The number of amides is 3. The summed E-state index contributed by atoms with van der Waals surface area (Å²) in [5.41, 5.74) is -4.31. The topological polar surface area (TPSA) is 90.3 Å². The maximum absolute atomic E-state index is 14.5. The van der Waals surface area contributed by atoms with E-state index in [0.29, 0.717) is 11.0 Å². The minimum atomic E-state index is -4.88. The number of nitriles is 1. The van der Waals surface area contributed by atoms with E-state index in [1.54, 1.807) is 0 Å². The van der Waals surface area contributed by atoms with Crippen molar-refractivity contribution in [2.24, 2.45) is 23.2 Å². The second kappa shape index (κ2) is 6.02. The van der Waals surface area contributed by atoms with Crippen LogP contribution in [0.1, 0.15) is 24.0 Å². The van der Waals surface area contributed by atoms with Crippen molar-refractivity contribution >= 4 is 23.4 Å². The summed E-state index contributed by atoms with van der Waals surface area (Å²) in [4.78, 5) is 39.7. The van der Waals surface area contributed by atoms with Crippen LogP contribution in [0, 0.1) is 34.5 Å². The molecule has 0 aromatic heterocycles. The summed E-state index contributed by atoms with van der Waals surface area (Å²) >= 11 is 0. The van der Waals surface area contributed by atoms with Gasteiger partial charge in [0.25, 0.3) is 5.91 Å². The molecular formula is C19H15F4N3O3. The molecule has 0 spiro atoms. The largest absolute Gasteiger partial charge is 0.417 e. The quantitative estimate of drug-likeness (QED) is 0.461. The van der Waals surface area contributed by atoms with Crippen molar-refractivity contribution in [2.45, 2.75) is 25.2 Å². The van der Waals surface area contributed by atoms with Gasteiger partial charge in [-0.15, -0.1) is 0 Å². The zero-order valence-electron chi connectivity index (χ0n) is 15.1. The Morgan fingerprint density at radius 3 is 2.59 bits per heavy atom. The predicted octanol–water partition coefficient (Wildman–Crippen LogP) is 2.18. The SMILES string of the molecule is CNC(=O)[C@]12C(=O)N(c3ccc(C#N)c(C(F)(F)F)c3)C(=O)[C@H]1[C@H]1C[C@H](F)[C@@H]2C1. The van der Waals surface area contributed by atoms with Crippen LogP contribution in [0.3, 0.4) is 0 Å². The van der Waals surface area contributed by atoms with Crippen molar-refractivity contribution in [3.63, 3.8) is 0 Å². The summed E-state index contributed by atoms with van der Waals surface area (Å²) in [5.74, 6) is -5.27. The van der Waals surface area contributed by atoms with Gasteiger partial charge in [-0.3, -0.25) is 14.4 Å². The molecule has 29 heavy (non-hydrogen) atoms. The number of alkyl halides is 4.